The Morgan fingerprint density at radius 3 is 2.56 bits per heavy atom. The molecule has 1 saturated heterocycles. The van der Waals surface area contributed by atoms with Crippen molar-refractivity contribution in [3.05, 3.63) is 35.9 Å². The van der Waals surface area contributed by atoms with Crippen molar-refractivity contribution in [2.45, 2.75) is 18.9 Å². The van der Waals surface area contributed by atoms with Crippen LogP contribution in [-0.4, -0.2) is 29.7 Å². The lowest BCUT2D eigenvalue weighted by Gasteiger charge is -2.33. The number of alkyl halides is 1. The molecule has 18 heavy (non-hydrogen) atoms. The summed E-state index contributed by atoms with van der Waals surface area (Å²) in [5.41, 5.74) is 0.870. The first kappa shape index (κ1) is 13.7. The third-order valence-corrected chi connectivity index (χ3v) is 6.22. The molecule has 1 aliphatic rings. The largest absolute Gasteiger partial charge is 0.300 e. The van der Waals surface area contributed by atoms with Gasteiger partial charge in [-0.3, -0.25) is 4.79 Å². The number of Topliss-reactive ketones (excluding diaryl/α,β-unsaturated/α-hetero) is 1. The van der Waals surface area contributed by atoms with Crippen molar-refractivity contribution in [1.82, 2.24) is 4.31 Å². The normalized spacial score (nSPS) is 22.1. The van der Waals surface area contributed by atoms with Crippen LogP contribution < -0.4 is 0 Å². The fourth-order valence-electron chi connectivity index (χ4n) is 2.17. The van der Waals surface area contributed by atoms with Crippen LogP contribution in [0.4, 0.5) is 0 Å². The van der Waals surface area contributed by atoms with E-state index in [0.717, 1.165) is 5.56 Å². The van der Waals surface area contributed by atoms with Gasteiger partial charge in [-0.2, -0.15) is 4.31 Å². The highest BCUT2D eigenvalue weighted by molar-refractivity contribution is 9.10. The van der Waals surface area contributed by atoms with Crippen LogP contribution in [0.5, 0.6) is 0 Å². The van der Waals surface area contributed by atoms with Crippen LogP contribution in [0.2, 0.25) is 0 Å². The van der Waals surface area contributed by atoms with E-state index in [1.54, 1.807) is 0 Å². The molecule has 0 radical (unpaired) electrons. The highest BCUT2D eigenvalue weighted by Gasteiger charge is 2.35. The van der Waals surface area contributed by atoms with Gasteiger partial charge in [-0.15, -0.1) is 0 Å². The number of carbonyl (C=O) groups excluding carboxylic acids is 1. The van der Waals surface area contributed by atoms with Crippen molar-refractivity contribution in [1.29, 1.82) is 0 Å². The van der Waals surface area contributed by atoms with Crippen LogP contribution in [0.15, 0.2) is 30.3 Å². The molecule has 1 aromatic rings. The molecule has 0 amide bonds. The summed E-state index contributed by atoms with van der Waals surface area (Å²) in [5, 5.41) is 0. The predicted octanol–water partition coefficient (Wildman–Crippen LogP) is 2.07. The summed E-state index contributed by atoms with van der Waals surface area (Å²) in [5.74, 6) is 0.116. The number of piperidine rings is 1. The summed E-state index contributed by atoms with van der Waals surface area (Å²) >= 11 is 3.01. The zero-order chi connectivity index (χ0) is 13.2. The number of hydrogen-bond acceptors (Lipinski definition) is 3. The molecule has 6 heteroatoms. The second-order valence-electron chi connectivity index (χ2n) is 4.25. The van der Waals surface area contributed by atoms with E-state index in [9.17, 15) is 13.2 Å². The minimum absolute atomic E-state index is 0.114. The Kier molecular flexibility index (Phi) is 4.19. The molecule has 1 aliphatic heterocycles. The molecule has 4 nitrogen and oxygen atoms in total. The van der Waals surface area contributed by atoms with Crippen LogP contribution in [0.25, 0.3) is 0 Å². The van der Waals surface area contributed by atoms with Gasteiger partial charge in [-0.1, -0.05) is 46.3 Å². The van der Waals surface area contributed by atoms with Crippen LogP contribution in [-0.2, 0) is 14.8 Å². The van der Waals surface area contributed by atoms with Crippen LogP contribution >= 0.6 is 15.9 Å². The lowest BCUT2D eigenvalue weighted by molar-refractivity contribution is -0.121. The van der Waals surface area contributed by atoms with Crippen molar-refractivity contribution >= 4 is 31.7 Å². The number of carbonyl (C=O) groups is 1. The van der Waals surface area contributed by atoms with Crippen molar-refractivity contribution in [3.8, 4) is 0 Å². The number of ketones is 1. The van der Waals surface area contributed by atoms with Crippen LogP contribution in [0.3, 0.4) is 0 Å². The first-order chi connectivity index (χ1) is 8.54. The van der Waals surface area contributed by atoms with Crippen molar-refractivity contribution < 1.29 is 13.2 Å². The fraction of sp³-hybridized carbons (Fsp3) is 0.417. The monoisotopic (exact) mass is 331 g/mol. The van der Waals surface area contributed by atoms with Gasteiger partial charge >= 0.3 is 0 Å². The Bertz CT molecular complexity index is 530. The number of nitrogens with zero attached hydrogens (tertiary/aromatic N) is 1. The van der Waals surface area contributed by atoms with Gasteiger partial charge in [-0.25, -0.2) is 8.42 Å². The quantitative estimate of drug-likeness (QED) is 0.797. The Hall–Kier alpha value is -0.720. The number of sulfonamides is 1. The molecule has 0 aliphatic carbocycles. The number of rotatable bonds is 3. The standard InChI is InChI=1S/C12H14BrNO3S/c13-9-18(16,17)14-7-6-11(15)8-12(14)10-4-2-1-3-5-10/h1-5,12H,6-9H2/t12-/m1/s1. The van der Waals surface area contributed by atoms with Gasteiger partial charge in [-0.05, 0) is 5.56 Å². The highest BCUT2D eigenvalue weighted by Crippen LogP contribution is 2.32. The molecule has 1 fully saturated rings. The first-order valence-corrected chi connectivity index (χ1v) is 8.40. The van der Waals surface area contributed by atoms with Gasteiger partial charge in [0.25, 0.3) is 0 Å². The SMILES string of the molecule is O=C1CCN(S(=O)(=O)CBr)[C@@H](c2ccccc2)C1. The molecule has 0 saturated carbocycles. The molecule has 1 aromatic carbocycles. The molecule has 0 bridgehead atoms. The van der Waals surface area contributed by atoms with E-state index in [1.807, 2.05) is 30.3 Å². The average Bonchev–Trinajstić information content (AvgIpc) is 2.39. The predicted molar refractivity (Wildman–Crippen MR) is 72.8 cm³/mol. The van der Waals surface area contributed by atoms with E-state index in [4.69, 9.17) is 0 Å². The maximum atomic E-state index is 12.0. The van der Waals surface area contributed by atoms with Gasteiger partial charge in [0, 0.05) is 19.4 Å². The van der Waals surface area contributed by atoms with Crippen molar-refractivity contribution in [3.63, 3.8) is 0 Å². The smallest absolute Gasteiger partial charge is 0.224 e. The molecule has 2 rings (SSSR count). The molecular formula is C12H14BrNO3S. The summed E-state index contributed by atoms with van der Waals surface area (Å²) in [6, 6.07) is 8.94. The maximum Gasteiger partial charge on any atom is 0.224 e. The third kappa shape index (κ3) is 2.81. The number of hydrogen-bond donors (Lipinski definition) is 0. The van der Waals surface area contributed by atoms with Gasteiger partial charge < -0.3 is 0 Å². The molecular weight excluding hydrogens is 318 g/mol. The summed E-state index contributed by atoms with van der Waals surface area (Å²) in [7, 11) is -3.34. The maximum absolute atomic E-state index is 12.0. The molecule has 0 unspecified atom stereocenters. The lowest BCUT2D eigenvalue weighted by Crippen LogP contribution is -2.41. The molecule has 0 N–H and O–H groups in total. The van der Waals surface area contributed by atoms with E-state index < -0.39 is 10.0 Å². The van der Waals surface area contributed by atoms with E-state index in [-0.39, 0.29) is 29.5 Å². The summed E-state index contributed by atoms with van der Waals surface area (Å²) < 4.78 is 25.3. The molecule has 0 spiro atoms. The Balaban J connectivity index is 2.36. The Labute approximate surface area is 115 Å². The fourth-order valence-corrected chi connectivity index (χ4v) is 4.03. The first-order valence-electron chi connectivity index (χ1n) is 5.67. The highest BCUT2D eigenvalue weighted by atomic mass is 79.9. The molecule has 1 heterocycles. The molecule has 1 atom stereocenters. The van der Waals surface area contributed by atoms with E-state index in [2.05, 4.69) is 15.9 Å². The minimum atomic E-state index is -3.34. The van der Waals surface area contributed by atoms with Gasteiger partial charge in [0.15, 0.2) is 0 Å². The van der Waals surface area contributed by atoms with Gasteiger partial charge in [0.1, 0.15) is 10.4 Å². The van der Waals surface area contributed by atoms with Crippen LogP contribution in [0, 0.1) is 0 Å². The second kappa shape index (κ2) is 5.50. The van der Waals surface area contributed by atoms with E-state index >= 15 is 0 Å². The Morgan fingerprint density at radius 1 is 1.28 bits per heavy atom. The third-order valence-electron chi connectivity index (χ3n) is 3.06. The summed E-state index contributed by atoms with van der Waals surface area (Å²) in [4.78, 5) is 11.6. The van der Waals surface area contributed by atoms with Crippen molar-refractivity contribution in [2.75, 3.05) is 11.2 Å². The average molecular weight is 332 g/mol. The van der Waals surface area contributed by atoms with Crippen molar-refractivity contribution in [2.24, 2.45) is 0 Å². The van der Waals surface area contributed by atoms with Crippen LogP contribution in [0.1, 0.15) is 24.4 Å². The van der Waals surface area contributed by atoms with Gasteiger partial charge in [0.2, 0.25) is 10.0 Å². The number of halogens is 1. The number of benzene rings is 1. The summed E-state index contributed by atoms with van der Waals surface area (Å²) in [6.45, 7) is 0.270. The summed E-state index contributed by atoms with van der Waals surface area (Å²) in [6.07, 6.45) is 0.561. The second-order valence-corrected chi connectivity index (χ2v) is 7.48. The zero-order valence-electron chi connectivity index (χ0n) is 9.75. The lowest BCUT2D eigenvalue weighted by atomic mass is 9.97. The van der Waals surface area contributed by atoms with Gasteiger partial charge in [0.05, 0.1) is 6.04 Å². The molecule has 0 aromatic heterocycles. The van der Waals surface area contributed by atoms with E-state index in [1.165, 1.54) is 4.31 Å². The minimum Gasteiger partial charge on any atom is -0.300 e. The van der Waals surface area contributed by atoms with E-state index in [0.29, 0.717) is 6.42 Å². The zero-order valence-corrected chi connectivity index (χ0v) is 12.2. The molecule has 98 valence electrons. The topological polar surface area (TPSA) is 54.5 Å². The Morgan fingerprint density at radius 2 is 1.94 bits per heavy atom.